The number of aromatic nitrogens is 1. The summed E-state index contributed by atoms with van der Waals surface area (Å²) in [6.07, 6.45) is 4.42. The Hall–Kier alpha value is -2.85. The number of carbonyl (C=O) groups is 1. The highest BCUT2D eigenvalue weighted by Crippen LogP contribution is 2.27. The van der Waals surface area contributed by atoms with Crippen molar-refractivity contribution in [3.8, 4) is 11.8 Å². The number of carbonyl (C=O) groups excluding carboxylic acids is 1. The van der Waals surface area contributed by atoms with Gasteiger partial charge in [-0.25, -0.2) is 0 Å². The molecule has 0 radical (unpaired) electrons. The highest BCUT2D eigenvalue weighted by molar-refractivity contribution is 5.92. The normalized spacial score (nSPS) is 22.4. The van der Waals surface area contributed by atoms with Crippen LogP contribution in [0.4, 0.5) is 5.69 Å². The van der Waals surface area contributed by atoms with Crippen LogP contribution in [0.25, 0.3) is 10.9 Å². The van der Waals surface area contributed by atoms with E-state index < -0.39 is 0 Å². The molecule has 1 aromatic heterocycles. The van der Waals surface area contributed by atoms with Crippen molar-refractivity contribution >= 4 is 22.5 Å². The quantitative estimate of drug-likeness (QED) is 0.858. The number of benzene rings is 1. The van der Waals surface area contributed by atoms with Crippen LogP contribution < -0.4 is 10.1 Å². The van der Waals surface area contributed by atoms with Crippen molar-refractivity contribution < 1.29 is 9.53 Å². The van der Waals surface area contributed by atoms with Gasteiger partial charge in [0.15, 0.2) is 0 Å². The topological polar surface area (TPSA) is 81.5 Å². The van der Waals surface area contributed by atoms with Gasteiger partial charge in [-0.05, 0) is 37.5 Å². The standard InChI is InChI=1S/C21H25N5O2/c1-28-17-10-18-19(23-12-17)5-2-6-20(18)24-15-7-9-25(13-15)14-21(27)26-8-3-4-16(26)11-22/h2,5-6,10,12,15-16,24H,3-4,7-9,13-14H2,1H3/t15-,16?/m0/s1. The van der Waals surface area contributed by atoms with Crippen molar-refractivity contribution in [3.05, 3.63) is 30.5 Å². The predicted molar refractivity (Wildman–Crippen MR) is 107 cm³/mol. The number of likely N-dealkylation sites (tertiary alicyclic amines) is 2. The fourth-order valence-corrected chi connectivity index (χ4v) is 4.16. The molecular weight excluding hydrogens is 354 g/mol. The lowest BCUT2D eigenvalue weighted by atomic mass is 10.1. The van der Waals surface area contributed by atoms with Crippen LogP contribution in [0.3, 0.4) is 0 Å². The van der Waals surface area contributed by atoms with Gasteiger partial charge in [0, 0.05) is 36.7 Å². The van der Waals surface area contributed by atoms with E-state index in [9.17, 15) is 10.1 Å². The van der Waals surface area contributed by atoms with Gasteiger partial charge in [-0.1, -0.05) is 6.07 Å². The molecule has 2 aromatic rings. The number of nitrogens with zero attached hydrogens (tertiary/aromatic N) is 4. The fourth-order valence-electron chi connectivity index (χ4n) is 4.16. The maximum Gasteiger partial charge on any atom is 0.237 e. The fraction of sp³-hybridized carbons (Fsp3) is 0.476. The zero-order chi connectivity index (χ0) is 19.5. The molecule has 0 spiro atoms. The number of hydrogen-bond acceptors (Lipinski definition) is 6. The highest BCUT2D eigenvalue weighted by Gasteiger charge is 2.31. The van der Waals surface area contributed by atoms with Gasteiger partial charge in [0.1, 0.15) is 11.8 Å². The first-order valence-corrected chi connectivity index (χ1v) is 9.78. The Labute approximate surface area is 164 Å². The SMILES string of the molecule is COc1cnc2cccc(N[C@H]3CCN(CC(=O)N4CCCC4C#N)C3)c2c1. The van der Waals surface area contributed by atoms with Gasteiger partial charge < -0.3 is 15.0 Å². The maximum atomic E-state index is 12.6. The number of anilines is 1. The monoisotopic (exact) mass is 379 g/mol. The Balaban J connectivity index is 1.39. The van der Waals surface area contributed by atoms with Crippen molar-refractivity contribution in [2.24, 2.45) is 0 Å². The van der Waals surface area contributed by atoms with Gasteiger partial charge >= 0.3 is 0 Å². The summed E-state index contributed by atoms with van der Waals surface area (Å²) in [5.74, 6) is 0.807. The van der Waals surface area contributed by atoms with Crippen LogP contribution in [0.1, 0.15) is 19.3 Å². The number of hydrogen-bond donors (Lipinski definition) is 1. The van der Waals surface area contributed by atoms with Crippen LogP contribution in [-0.4, -0.2) is 66.1 Å². The Morgan fingerprint density at radius 3 is 3.11 bits per heavy atom. The van der Waals surface area contributed by atoms with E-state index in [2.05, 4.69) is 27.3 Å². The molecule has 28 heavy (non-hydrogen) atoms. The molecule has 0 aliphatic carbocycles. The molecule has 1 N–H and O–H groups in total. The predicted octanol–water partition coefficient (Wildman–Crippen LogP) is 2.24. The van der Waals surface area contributed by atoms with Gasteiger partial charge in [0.2, 0.25) is 5.91 Å². The second kappa shape index (κ2) is 8.03. The molecule has 7 heteroatoms. The van der Waals surface area contributed by atoms with Crippen molar-refractivity contribution in [3.63, 3.8) is 0 Å². The van der Waals surface area contributed by atoms with Crippen LogP contribution in [-0.2, 0) is 4.79 Å². The van der Waals surface area contributed by atoms with E-state index in [1.54, 1.807) is 18.2 Å². The van der Waals surface area contributed by atoms with Gasteiger partial charge in [-0.3, -0.25) is 14.7 Å². The summed E-state index contributed by atoms with van der Waals surface area (Å²) in [5.41, 5.74) is 1.96. The maximum absolute atomic E-state index is 12.6. The Morgan fingerprint density at radius 2 is 2.29 bits per heavy atom. The minimum atomic E-state index is -0.248. The van der Waals surface area contributed by atoms with E-state index in [4.69, 9.17) is 4.74 Å². The van der Waals surface area contributed by atoms with E-state index in [-0.39, 0.29) is 18.0 Å². The molecule has 146 valence electrons. The summed E-state index contributed by atoms with van der Waals surface area (Å²) < 4.78 is 5.31. The molecule has 2 atom stereocenters. The number of fused-ring (bicyclic) bond motifs is 1. The molecule has 1 unspecified atom stereocenters. The summed E-state index contributed by atoms with van der Waals surface area (Å²) in [5, 5.41) is 13.8. The van der Waals surface area contributed by atoms with Crippen molar-refractivity contribution in [2.45, 2.75) is 31.3 Å². The number of pyridine rings is 1. The number of rotatable bonds is 5. The molecular formula is C21H25N5O2. The summed E-state index contributed by atoms with van der Waals surface area (Å²) >= 11 is 0. The average Bonchev–Trinajstić information content (AvgIpc) is 3.37. The van der Waals surface area contributed by atoms with E-state index >= 15 is 0 Å². The van der Waals surface area contributed by atoms with Crippen molar-refractivity contribution in [1.82, 2.24) is 14.8 Å². The highest BCUT2D eigenvalue weighted by atomic mass is 16.5. The second-order valence-corrected chi connectivity index (χ2v) is 7.49. The molecule has 3 heterocycles. The lowest BCUT2D eigenvalue weighted by Gasteiger charge is -2.23. The second-order valence-electron chi connectivity index (χ2n) is 7.49. The van der Waals surface area contributed by atoms with E-state index in [1.165, 1.54) is 0 Å². The van der Waals surface area contributed by atoms with E-state index in [0.717, 1.165) is 54.7 Å². The van der Waals surface area contributed by atoms with Gasteiger partial charge in [-0.15, -0.1) is 0 Å². The van der Waals surface area contributed by atoms with Gasteiger partial charge in [0.25, 0.3) is 0 Å². The van der Waals surface area contributed by atoms with Crippen LogP contribution in [0.15, 0.2) is 30.5 Å². The van der Waals surface area contributed by atoms with Crippen molar-refractivity contribution in [1.29, 1.82) is 5.26 Å². The first-order valence-electron chi connectivity index (χ1n) is 9.78. The molecule has 2 aliphatic heterocycles. The molecule has 4 rings (SSSR count). The third-order valence-electron chi connectivity index (χ3n) is 5.65. The average molecular weight is 379 g/mol. The van der Waals surface area contributed by atoms with Gasteiger partial charge in [0.05, 0.1) is 31.4 Å². The number of nitriles is 1. The third kappa shape index (κ3) is 3.73. The minimum absolute atomic E-state index is 0.0730. The zero-order valence-electron chi connectivity index (χ0n) is 16.1. The molecule has 2 saturated heterocycles. The number of methoxy groups -OCH3 is 1. The first kappa shape index (κ1) is 18.5. The molecule has 2 aliphatic rings. The Kier molecular flexibility index (Phi) is 5.31. The van der Waals surface area contributed by atoms with Gasteiger partial charge in [-0.2, -0.15) is 5.26 Å². The summed E-state index contributed by atoms with van der Waals surface area (Å²) in [4.78, 5) is 20.9. The number of ether oxygens (including phenoxy) is 1. The van der Waals surface area contributed by atoms with Crippen LogP contribution in [0, 0.1) is 11.3 Å². The molecule has 0 saturated carbocycles. The van der Waals surface area contributed by atoms with Crippen molar-refractivity contribution in [2.75, 3.05) is 38.6 Å². The number of amides is 1. The lowest BCUT2D eigenvalue weighted by molar-refractivity contribution is -0.132. The van der Waals surface area contributed by atoms with E-state index in [0.29, 0.717) is 13.1 Å². The summed E-state index contributed by atoms with van der Waals surface area (Å²) in [7, 11) is 1.64. The Bertz CT molecular complexity index is 909. The Morgan fingerprint density at radius 1 is 1.39 bits per heavy atom. The minimum Gasteiger partial charge on any atom is -0.495 e. The first-order chi connectivity index (χ1) is 13.7. The third-order valence-corrected chi connectivity index (χ3v) is 5.65. The summed E-state index contributed by atoms with van der Waals surface area (Å²) in [6.45, 7) is 2.78. The van der Waals surface area contributed by atoms with E-state index in [1.807, 2.05) is 18.2 Å². The molecule has 0 bridgehead atoms. The smallest absolute Gasteiger partial charge is 0.237 e. The number of nitrogens with one attached hydrogen (secondary N) is 1. The molecule has 1 amide bonds. The molecule has 1 aromatic carbocycles. The largest absolute Gasteiger partial charge is 0.495 e. The van der Waals surface area contributed by atoms with Crippen LogP contribution >= 0.6 is 0 Å². The molecule has 2 fully saturated rings. The zero-order valence-corrected chi connectivity index (χ0v) is 16.1. The van der Waals surface area contributed by atoms with Crippen LogP contribution in [0.5, 0.6) is 5.75 Å². The van der Waals surface area contributed by atoms with Crippen LogP contribution in [0.2, 0.25) is 0 Å². The molecule has 7 nitrogen and oxygen atoms in total. The lowest BCUT2D eigenvalue weighted by Crippen LogP contribution is -2.42. The summed E-state index contributed by atoms with van der Waals surface area (Å²) in [6, 6.07) is 10.3.